The van der Waals surface area contributed by atoms with Crippen molar-refractivity contribution in [1.29, 1.82) is 0 Å². The summed E-state index contributed by atoms with van der Waals surface area (Å²) in [6.07, 6.45) is 3.87. The number of hydrogen-bond acceptors (Lipinski definition) is 7. The number of methoxy groups -OCH3 is 1. The van der Waals surface area contributed by atoms with E-state index >= 15 is 0 Å². The van der Waals surface area contributed by atoms with E-state index in [2.05, 4.69) is 5.32 Å². The summed E-state index contributed by atoms with van der Waals surface area (Å²) in [7, 11) is 1.49. The summed E-state index contributed by atoms with van der Waals surface area (Å²) >= 11 is 0. The van der Waals surface area contributed by atoms with Gasteiger partial charge in [-0.3, -0.25) is 9.59 Å². The molecule has 9 nitrogen and oxygen atoms in total. The second kappa shape index (κ2) is 10.3. The first-order valence-electron chi connectivity index (χ1n) is 12.0. The van der Waals surface area contributed by atoms with Crippen LogP contribution in [0.3, 0.4) is 0 Å². The molecule has 0 radical (unpaired) electrons. The number of aliphatic hydroxyl groups excluding tert-OH is 3. The van der Waals surface area contributed by atoms with Gasteiger partial charge in [-0.15, -0.1) is 0 Å². The van der Waals surface area contributed by atoms with Crippen LogP contribution in [0, 0.1) is 0 Å². The van der Waals surface area contributed by atoms with Crippen LogP contribution in [0.1, 0.15) is 56.1 Å². The molecule has 4 atom stereocenters. The van der Waals surface area contributed by atoms with Gasteiger partial charge >= 0.3 is 0 Å². The number of carbonyl (C=O) groups is 2. The molecule has 186 valence electrons. The number of fused-ring (bicyclic) bond motifs is 3. The fourth-order valence-corrected chi connectivity index (χ4v) is 5.57. The summed E-state index contributed by atoms with van der Waals surface area (Å²) in [5, 5.41) is 33.2. The van der Waals surface area contributed by atoms with Crippen LogP contribution in [-0.4, -0.2) is 76.6 Å². The van der Waals surface area contributed by atoms with E-state index in [1.54, 1.807) is 30.0 Å². The molecule has 1 heterocycles. The van der Waals surface area contributed by atoms with Gasteiger partial charge in [0.15, 0.2) is 11.5 Å². The predicted octanol–water partition coefficient (Wildman–Crippen LogP) is 0.991. The van der Waals surface area contributed by atoms with Gasteiger partial charge in [0.1, 0.15) is 12.2 Å². The number of hydrogen-bond donors (Lipinski definition) is 4. The first-order chi connectivity index (χ1) is 16.4. The maximum absolute atomic E-state index is 13.2. The zero-order valence-corrected chi connectivity index (χ0v) is 19.7. The molecule has 0 bridgehead atoms. The Hall–Kier alpha value is -2.62. The lowest BCUT2D eigenvalue weighted by Crippen LogP contribution is -2.58. The second-order valence-electron chi connectivity index (χ2n) is 9.11. The third kappa shape index (κ3) is 4.28. The molecule has 2 aliphatic carbocycles. The highest BCUT2D eigenvalue weighted by molar-refractivity contribution is 5.96. The number of ether oxygens (including phenoxy) is 2. The van der Waals surface area contributed by atoms with E-state index in [-0.39, 0.29) is 37.6 Å². The van der Waals surface area contributed by atoms with Gasteiger partial charge in [-0.1, -0.05) is 19.8 Å². The molecule has 9 heteroatoms. The fourth-order valence-electron chi connectivity index (χ4n) is 5.57. The lowest BCUT2D eigenvalue weighted by Gasteiger charge is -2.43. The van der Waals surface area contributed by atoms with Gasteiger partial charge in [-0.2, -0.15) is 0 Å². The maximum atomic E-state index is 13.2. The average Bonchev–Trinajstić information content (AvgIpc) is 3.52. The molecule has 0 saturated heterocycles. The van der Waals surface area contributed by atoms with Crippen LogP contribution in [0.2, 0.25) is 0 Å². The van der Waals surface area contributed by atoms with E-state index in [0.717, 1.165) is 25.7 Å². The number of rotatable bonds is 8. The first kappa shape index (κ1) is 24.5. The molecule has 1 fully saturated rings. The van der Waals surface area contributed by atoms with Gasteiger partial charge in [-0.05, 0) is 36.6 Å². The Labute approximate surface area is 199 Å². The molecule has 1 aromatic rings. The Morgan fingerprint density at radius 1 is 1.24 bits per heavy atom. The minimum absolute atomic E-state index is 0.000888. The molecule has 3 aliphatic rings. The van der Waals surface area contributed by atoms with E-state index in [9.17, 15) is 24.9 Å². The molecule has 34 heavy (non-hydrogen) atoms. The number of benzene rings is 1. The quantitative estimate of drug-likeness (QED) is 0.442. The SMILES string of the molecule is CCC(=O)N(C1CCCC1)[C@@H]1C=C(C(=O)NCCO)[C@@H]2c3cc(CO)cc(OC)c3O[C@@H]2[C@H]1O. The van der Waals surface area contributed by atoms with Gasteiger partial charge in [0.2, 0.25) is 11.8 Å². The topological polar surface area (TPSA) is 129 Å². The van der Waals surface area contributed by atoms with Gasteiger partial charge in [-0.25, -0.2) is 0 Å². The van der Waals surface area contributed by atoms with E-state index in [0.29, 0.717) is 34.6 Å². The fraction of sp³-hybridized carbons (Fsp3) is 0.600. The summed E-state index contributed by atoms with van der Waals surface area (Å²) in [4.78, 5) is 28.0. The van der Waals surface area contributed by atoms with Crippen LogP contribution >= 0.6 is 0 Å². The molecule has 1 aromatic carbocycles. The van der Waals surface area contributed by atoms with Crippen molar-refractivity contribution in [2.45, 2.75) is 75.8 Å². The summed E-state index contributed by atoms with van der Waals surface area (Å²) in [5.41, 5.74) is 1.61. The Morgan fingerprint density at radius 2 is 1.97 bits per heavy atom. The molecule has 4 N–H and O–H groups in total. The van der Waals surface area contributed by atoms with Crippen molar-refractivity contribution in [2.24, 2.45) is 0 Å². The lowest BCUT2D eigenvalue weighted by molar-refractivity contribution is -0.140. The number of nitrogens with zero attached hydrogens (tertiary/aromatic N) is 1. The normalized spacial score (nSPS) is 25.7. The maximum Gasteiger partial charge on any atom is 0.247 e. The third-order valence-electron chi connectivity index (χ3n) is 7.12. The number of aliphatic hydroxyl groups is 3. The minimum atomic E-state index is -1.06. The van der Waals surface area contributed by atoms with Crippen LogP contribution in [0.4, 0.5) is 0 Å². The third-order valence-corrected chi connectivity index (χ3v) is 7.12. The van der Waals surface area contributed by atoms with Crippen LogP contribution in [0.5, 0.6) is 11.5 Å². The van der Waals surface area contributed by atoms with Crippen LogP contribution in [0.15, 0.2) is 23.8 Å². The summed E-state index contributed by atoms with van der Waals surface area (Å²) in [5.74, 6) is -0.239. The summed E-state index contributed by atoms with van der Waals surface area (Å²) < 4.78 is 11.7. The van der Waals surface area contributed by atoms with Crippen molar-refractivity contribution in [3.05, 3.63) is 34.9 Å². The lowest BCUT2D eigenvalue weighted by atomic mass is 9.77. The molecule has 2 amide bonds. The zero-order chi connectivity index (χ0) is 24.4. The van der Waals surface area contributed by atoms with Gasteiger partial charge in [0, 0.05) is 30.1 Å². The number of nitrogens with one attached hydrogen (secondary N) is 1. The summed E-state index contributed by atoms with van der Waals surface area (Å²) in [6.45, 7) is 1.44. The van der Waals surface area contributed by atoms with E-state index in [1.807, 2.05) is 0 Å². The number of carbonyl (C=O) groups excluding carboxylic acids is 2. The van der Waals surface area contributed by atoms with Crippen LogP contribution < -0.4 is 14.8 Å². The Bertz CT molecular complexity index is 957. The molecule has 4 rings (SSSR count). The molecule has 1 saturated carbocycles. The highest BCUT2D eigenvalue weighted by atomic mass is 16.5. The van der Waals surface area contributed by atoms with Crippen molar-refractivity contribution in [3.8, 4) is 11.5 Å². The van der Waals surface area contributed by atoms with Crippen molar-refractivity contribution in [2.75, 3.05) is 20.3 Å². The molecular weight excluding hydrogens is 440 g/mol. The molecular formula is C25H34N2O7. The van der Waals surface area contributed by atoms with Gasteiger partial charge < -0.3 is 35.0 Å². The minimum Gasteiger partial charge on any atom is -0.493 e. The van der Waals surface area contributed by atoms with Crippen LogP contribution in [0.25, 0.3) is 0 Å². The highest BCUT2D eigenvalue weighted by Crippen LogP contribution is 2.51. The van der Waals surface area contributed by atoms with Crippen molar-refractivity contribution in [1.82, 2.24) is 10.2 Å². The van der Waals surface area contributed by atoms with Crippen LogP contribution in [-0.2, 0) is 16.2 Å². The Balaban J connectivity index is 1.82. The molecule has 0 unspecified atom stereocenters. The van der Waals surface area contributed by atoms with Crippen molar-refractivity contribution in [3.63, 3.8) is 0 Å². The molecule has 0 aromatic heterocycles. The van der Waals surface area contributed by atoms with Crippen molar-refractivity contribution < 1.29 is 34.4 Å². The largest absolute Gasteiger partial charge is 0.493 e. The second-order valence-corrected chi connectivity index (χ2v) is 9.11. The van der Waals surface area contributed by atoms with E-state index < -0.39 is 24.2 Å². The Kier molecular flexibility index (Phi) is 7.45. The average molecular weight is 475 g/mol. The number of amides is 2. The monoisotopic (exact) mass is 474 g/mol. The smallest absolute Gasteiger partial charge is 0.247 e. The van der Waals surface area contributed by atoms with E-state index in [1.165, 1.54) is 7.11 Å². The van der Waals surface area contributed by atoms with Gasteiger partial charge in [0.25, 0.3) is 0 Å². The molecule has 0 spiro atoms. The van der Waals surface area contributed by atoms with Crippen molar-refractivity contribution >= 4 is 11.8 Å². The van der Waals surface area contributed by atoms with E-state index in [4.69, 9.17) is 9.47 Å². The summed E-state index contributed by atoms with van der Waals surface area (Å²) in [6, 6.07) is 2.71. The zero-order valence-electron chi connectivity index (χ0n) is 19.7. The standard InChI is InChI=1S/C25H34N2O7/c1-3-20(30)27(15-6-4-5-7-15)18-12-17(25(32)26-8-9-28)21-16-10-14(13-29)11-19(33-2)23(16)34-24(21)22(18)31/h10-12,15,18,21-22,24,28-29,31H,3-9,13H2,1-2H3,(H,26,32)/t18-,21+,22+,24+/m1/s1. The molecule has 1 aliphatic heterocycles. The Morgan fingerprint density at radius 3 is 2.59 bits per heavy atom. The first-order valence-corrected chi connectivity index (χ1v) is 12.0. The predicted molar refractivity (Wildman–Crippen MR) is 123 cm³/mol. The van der Waals surface area contributed by atoms with Gasteiger partial charge in [0.05, 0.1) is 32.3 Å². The highest BCUT2D eigenvalue weighted by Gasteiger charge is 2.52.